The molecule has 18 heavy (non-hydrogen) atoms. The Hall–Kier alpha value is -1.24. The highest BCUT2D eigenvalue weighted by Gasteiger charge is 2.29. The van der Waals surface area contributed by atoms with Crippen LogP contribution in [0.4, 0.5) is 5.69 Å². The van der Waals surface area contributed by atoms with Crippen molar-refractivity contribution in [1.82, 2.24) is 4.90 Å². The maximum absolute atomic E-state index is 8.91. The minimum absolute atomic E-state index is 0.290. The predicted molar refractivity (Wildman–Crippen MR) is 74.9 cm³/mol. The number of benzene rings is 1. The standard InChI is InChI=1S/C14H18ClN3/c1-11-9-18(10-14(6-7-16)17(11)2)13-5-3-4-12(15)8-13/h3-5,8,11,14H,6,9-10H2,1-2H3. The van der Waals surface area contributed by atoms with Crippen molar-refractivity contribution in [3.63, 3.8) is 0 Å². The van der Waals surface area contributed by atoms with Crippen LogP contribution in [0.2, 0.25) is 5.02 Å². The lowest BCUT2D eigenvalue weighted by Crippen LogP contribution is -2.56. The van der Waals surface area contributed by atoms with E-state index in [4.69, 9.17) is 16.9 Å². The van der Waals surface area contributed by atoms with Gasteiger partial charge in [0.25, 0.3) is 0 Å². The van der Waals surface area contributed by atoms with Crippen molar-refractivity contribution in [1.29, 1.82) is 5.26 Å². The molecule has 1 heterocycles. The first-order valence-electron chi connectivity index (χ1n) is 6.21. The van der Waals surface area contributed by atoms with Crippen LogP contribution in [-0.4, -0.2) is 37.1 Å². The van der Waals surface area contributed by atoms with Crippen molar-refractivity contribution in [2.75, 3.05) is 25.0 Å². The largest absolute Gasteiger partial charge is 0.368 e. The SMILES string of the molecule is CC1CN(c2cccc(Cl)c2)CC(CC#N)N1C. The zero-order valence-electron chi connectivity index (χ0n) is 10.8. The van der Waals surface area contributed by atoms with Crippen LogP contribution in [0.1, 0.15) is 13.3 Å². The average Bonchev–Trinajstić information content (AvgIpc) is 2.35. The molecule has 1 aromatic rings. The molecule has 3 nitrogen and oxygen atoms in total. The molecule has 1 saturated heterocycles. The third kappa shape index (κ3) is 2.77. The van der Waals surface area contributed by atoms with E-state index in [9.17, 15) is 0 Å². The van der Waals surface area contributed by atoms with Gasteiger partial charge in [-0.05, 0) is 32.2 Å². The third-order valence-electron chi connectivity index (χ3n) is 3.69. The van der Waals surface area contributed by atoms with Gasteiger partial charge in [-0.1, -0.05) is 17.7 Å². The fraction of sp³-hybridized carbons (Fsp3) is 0.500. The van der Waals surface area contributed by atoms with E-state index in [0.29, 0.717) is 12.5 Å². The lowest BCUT2D eigenvalue weighted by atomic mass is 10.0. The first-order chi connectivity index (χ1) is 8.61. The monoisotopic (exact) mass is 263 g/mol. The zero-order valence-corrected chi connectivity index (χ0v) is 11.6. The Morgan fingerprint density at radius 1 is 1.44 bits per heavy atom. The summed E-state index contributed by atoms with van der Waals surface area (Å²) >= 11 is 6.04. The van der Waals surface area contributed by atoms with Crippen molar-refractivity contribution < 1.29 is 0 Å². The second-order valence-electron chi connectivity index (χ2n) is 4.92. The number of nitrogens with zero attached hydrogens (tertiary/aromatic N) is 3. The molecule has 2 atom stereocenters. The molecule has 96 valence electrons. The van der Waals surface area contributed by atoms with Crippen LogP contribution >= 0.6 is 11.6 Å². The van der Waals surface area contributed by atoms with Gasteiger partial charge in [-0.2, -0.15) is 5.26 Å². The molecular formula is C14H18ClN3. The summed E-state index contributed by atoms with van der Waals surface area (Å²) in [6, 6.07) is 10.9. The van der Waals surface area contributed by atoms with Crippen LogP contribution in [0, 0.1) is 11.3 Å². The molecule has 4 heteroatoms. The van der Waals surface area contributed by atoms with Crippen molar-refractivity contribution in [3.8, 4) is 6.07 Å². The Balaban J connectivity index is 2.17. The van der Waals surface area contributed by atoms with Crippen LogP contribution in [0.15, 0.2) is 24.3 Å². The molecule has 1 fully saturated rings. The number of halogens is 1. The summed E-state index contributed by atoms with van der Waals surface area (Å²) in [6.45, 7) is 4.05. The van der Waals surface area contributed by atoms with Gasteiger partial charge in [0.2, 0.25) is 0 Å². The molecule has 1 aliphatic rings. The number of likely N-dealkylation sites (N-methyl/N-ethyl adjacent to an activating group) is 1. The van der Waals surface area contributed by atoms with E-state index in [-0.39, 0.29) is 6.04 Å². The molecule has 0 amide bonds. The van der Waals surface area contributed by atoms with Crippen molar-refractivity contribution in [3.05, 3.63) is 29.3 Å². The Labute approximate surface area is 114 Å². The fourth-order valence-electron chi connectivity index (χ4n) is 2.46. The van der Waals surface area contributed by atoms with Gasteiger partial charge in [-0.15, -0.1) is 0 Å². The molecule has 0 N–H and O–H groups in total. The Bertz CT molecular complexity index is 455. The summed E-state index contributed by atoms with van der Waals surface area (Å²) in [4.78, 5) is 4.61. The molecule has 2 unspecified atom stereocenters. The molecule has 0 aliphatic carbocycles. The van der Waals surface area contributed by atoms with Gasteiger partial charge in [-0.25, -0.2) is 0 Å². The number of anilines is 1. The maximum atomic E-state index is 8.91. The van der Waals surface area contributed by atoms with Crippen LogP contribution < -0.4 is 4.90 Å². The van der Waals surface area contributed by atoms with E-state index in [1.807, 2.05) is 18.2 Å². The molecule has 0 spiro atoms. The molecule has 0 saturated carbocycles. The predicted octanol–water partition coefficient (Wildman–Crippen LogP) is 2.76. The topological polar surface area (TPSA) is 30.3 Å². The number of nitriles is 1. The highest BCUT2D eigenvalue weighted by Crippen LogP contribution is 2.24. The minimum atomic E-state index is 0.290. The Morgan fingerprint density at radius 3 is 2.89 bits per heavy atom. The zero-order chi connectivity index (χ0) is 13.1. The van der Waals surface area contributed by atoms with Gasteiger partial charge in [0.15, 0.2) is 0 Å². The van der Waals surface area contributed by atoms with E-state index < -0.39 is 0 Å². The summed E-state index contributed by atoms with van der Waals surface area (Å²) in [5.74, 6) is 0. The molecule has 1 aliphatic heterocycles. The van der Waals surface area contributed by atoms with E-state index in [2.05, 4.69) is 35.9 Å². The van der Waals surface area contributed by atoms with Gasteiger partial charge < -0.3 is 4.90 Å². The van der Waals surface area contributed by atoms with Crippen LogP contribution in [0.25, 0.3) is 0 Å². The van der Waals surface area contributed by atoms with Crippen molar-refractivity contribution >= 4 is 17.3 Å². The quantitative estimate of drug-likeness (QED) is 0.822. The van der Waals surface area contributed by atoms with Gasteiger partial charge in [-0.3, -0.25) is 4.90 Å². The summed E-state index contributed by atoms with van der Waals surface area (Å²) in [5, 5.41) is 9.67. The molecule has 1 aromatic carbocycles. The van der Waals surface area contributed by atoms with Crippen molar-refractivity contribution in [2.45, 2.75) is 25.4 Å². The number of hydrogen-bond acceptors (Lipinski definition) is 3. The van der Waals surface area contributed by atoms with E-state index >= 15 is 0 Å². The highest BCUT2D eigenvalue weighted by molar-refractivity contribution is 6.30. The summed E-state index contributed by atoms with van der Waals surface area (Å²) < 4.78 is 0. The van der Waals surface area contributed by atoms with Crippen LogP contribution in [0.5, 0.6) is 0 Å². The van der Waals surface area contributed by atoms with Crippen molar-refractivity contribution in [2.24, 2.45) is 0 Å². The minimum Gasteiger partial charge on any atom is -0.368 e. The van der Waals surface area contributed by atoms with Crippen LogP contribution in [0.3, 0.4) is 0 Å². The first-order valence-corrected chi connectivity index (χ1v) is 6.59. The van der Waals surface area contributed by atoms with Gasteiger partial charge >= 0.3 is 0 Å². The number of piperazine rings is 1. The molecule has 0 radical (unpaired) electrons. The molecule has 0 bridgehead atoms. The normalized spacial score (nSPS) is 24.9. The maximum Gasteiger partial charge on any atom is 0.0638 e. The lowest BCUT2D eigenvalue weighted by molar-refractivity contribution is 0.160. The number of rotatable bonds is 2. The Kier molecular flexibility index (Phi) is 4.11. The second-order valence-corrected chi connectivity index (χ2v) is 5.35. The summed E-state index contributed by atoms with van der Waals surface area (Å²) in [7, 11) is 2.10. The second kappa shape index (κ2) is 5.60. The van der Waals surface area contributed by atoms with Gasteiger partial charge in [0.05, 0.1) is 12.5 Å². The average molecular weight is 264 g/mol. The lowest BCUT2D eigenvalue weighted by Gasteiger charge is -2.44. The highest BCUT2D eigenvalue weighted by atomic mass is 35.5. The number of hydrogen-bond donors (Lipinski definition) is 0. The van der Waals surface area contributed by atoms with Gasteiger partial charge in [0, 0.05) is 35.9 Å². The summed E-state index contributed by atoms with van der Waals surface area (Å²) in [6.07, 6.45) is 0.567. The molecule has 0 aromatic heterocycles. The van der Waals surface area contributed by atoms with Crippen LogP contribution in [-0.2, 0) is 0 Å². The third-order valence-corrected chi connectivity index (χ3v) is 3.92. The van der Waals surface area contributed by atoms with E-state index in [1.54, 1.807) is 0 Å². The fourth-order valence-corrected chi connectivity index (χ4v) is 2.65. The molecule has 2 rings (SSSR count). The smallest absolute Gasteiger partial charge is 0.0638 e. The Morgan fingerprint density at radius 2 is 2.22 bits per heavy atom. The van der Waals surface area contributed by atoms with E-state index in [1.165, 1.54) is 0 Å². The first kappa shape index (κ1) is 13.2. The van der Waals surface area contributed by atoms with Gasteiger partial charge in [0.1, 0.15) is 0 Å². The summed E-state index contributed by atoms with van der Waals surface area (Å²) in [5.41, 5.74) is 1.14. The molecular weight excluding hydrogens is 246 g/mol. The van der Waals surface area contributed by atoms with E-state index in [0.717, 1.165) is 23.8 Å².